The quantitative estimate of drug-likeness (QED) is 0.244. The first-order valence-electron chi connectivity index (χ1n) is 15.9. The van der Waals surface area contributed by atoms with Crippen LogP contribution < -0.4 is 5.01 Å². The van der Waals surface area contributed by atoms with Gasteiger partial charge in [0, 0.05) is 28.4 Å². The third-order valence-electron chi connectivity index (χ3n) is 10.3. The number of rotatable bonds is 4. The molecule has 0 spiro atoms. The third-order valence-corrected chi connectivity index (χ3v) is 10.3. The van der Waals surface area contributed by atoms with E-state index in [0.717, 1.165) is 17.8 Å². The first-order valence-corrected chi connectivity index (χ1v) is 15.9. The highest BCUT2D eigenvalue weighted by Gasteiger charge is 2.51. The lowest BCUT2D eigenvalue weighted by atomic mass is 9.81. The third kappa shape index (κ3) is 3.59. The Morgan fingerprint density at radius 3 is 2.25 bits per heavy atom. The van der Waals surface area contributed by atoms with Gasteiger partial charge in [-0.15, -0.1) is 0 Å². The number of hydrogen-bond donors (Lipinski definition) is 0. The van der Waals surface area contributed by atoms with Crippen LogP contribution in [0.3, 0.4) is 0 Å². The van der Waals surface area contributed by atoms with Crippen LogP contribution >= 0.6 is 0 Å². The maximum Gasteiger partial charge on any atom is 0.154 e. The molecule has 3 heteroatoms. The average molecular weight is 570 g/mol. The van der Waals surface area contributed by atoms with Gasteiger partial charge in [0.05, 0.1) is 11.7 Å². The first kappa shape index (κ1) is 25.6. The summed E-state index contributed by atoms with van der Waals surface area (Å²) in [6.45, 7) is 4.76. The van der Waals surface area contributed by atoms with Gasteiger partial charge >= 0.3 is 0 Å². The minimum Gasteiger partial charge on any atom is -0.273 e. The molecule has 214 valence electrons. The smallest absolute Gasteiger partial charge is 0.154 e. The van der Waals surface area contributed by atoms with Crippen LogP contribution in [0.5, 0.6) is 0 Å². The summed E-state index contributed by atoms with van der Waals surface area (Å²) in [4.78, 5) is 5.36. The number of anilines is 1. The number of nitrogens with zero attached hydrogens (tertiary/aromatic N) is 3. The van der Waals surface area contributed by atoms with Crippen LogP contribution in [0.1, 0.15) is 54.0 Å². The Labute approximate surface area is 259 Å². The van der Waals surface area contributed by atoms with E-state index in [-0.39, 0.29) is 23.5 Å². The van der Waals surface area contributed by atoms with Crippen LogP contribution in [0, 0.1) is 5.92 Å². The number of aliphatic imine (C=N–C) groups is 1. The summed E-state index contributed by atoms with van der Waals surface area (Å²) in [5.74, 6) is 1.60. The minimum atomic E-state index is -0.0666. The van der Waals surface area contributed by atoms with Crippen molar-refractivity contribution in [3.63, 3.8) is 0 Å². The molecule has 3 aliphatic carbocycles. The van der Waals surface area contributed by atoms with Gasteiger partial charge in [0.15, 0.2) is 12.0 Å². The minimum absolute atomic E-state index is 0.0337. The lowest BCUT2D eigenvalue weighted by molar-refractivity contribution is 0.194. The molecule has 9 rings (SSSR count). The Balaban J connectivity index is 1.27. The molecule has 4 unspecified atom stereocenters. The second-order valence-electron chi connectivity index (χ2n) is 13.1. The highest BCUT2D eigenvalue weighted by Crippen LogP contribution is 2.59. The van der Waals surface area contributed by atoms with Crippen LogP contribution in [0.2, 0.25) is 0 Å². The molecule has 3 nitrogen and oxygen atoms in total. The topological polar surface area (TPSA) is 18.8 Å². The predicted molar refractivity (Wildman–Crippen MR) is 182 cm³/mol. The molecule has 4 aromatic carbocycles. The summed E-state index contributed by atoms with van der Waals surface area (Å²) in [5.41, 5.74) is 12.0. The highest BCUT2D eigenvalue weighted by molar-refractivity contribution is 6.04. The van der Waals surface area contributed by atoms with Gasteiger partial charge in [-0.05, 0) is 39.8 Å². The summed E-state index contributed by atoms with van der Waals surface area (Å²) in [6, 6.07) is 35.6. The summed E-state index contributed by atoms with van der Waals surface area (Å²) in [5, 5.41) is 5.19. The van der Waals surface area contributed by atoms with Crippen LogP contribution in [0.15, 0.2) is 145 Å². The van der Waals surface area contributed by atoms with Crippen molar-refractivity contribution in [2.45, 2.75) is 43.8 Å². The fraction of sp³-hybridized carbons (Fsp3) is 0.195. The fourth-order valence-electron chi connectivity index (χ4n) is 8.14. The standard InChI is InChI=1S/C41H35N3/c1-41(2)34-21-13-12-20-32(34)37-35(41)24-23-31-33-26-30(27-14-6-3-7-15-27)22-25-36(33)43(38(31)37)44-39(28-16-8-4-9-17-28)42-40(44)29-18-10-5-11-19-29/h3-18,20-26,29,33,36,40H,19H2,1-2H3. The van der Waals surface area contributed by atoms with Crippen molar-refractivity contribution in [2.75, 3.05) is 5.01 Å². The molecule has 0 amide bonds. The molecule has 0 N–H and O–H groups in total. The Bertz CT molecular complexity index is 1940. The largest absolute Gasteiger partial charge is 0.273 e. The predicted octanol–water partition coefficient (Wildman–Crippen LogP) is 9.05. The molecule has 0 bridgehead atoms. The fourth-order valence-corrected chi connectivity index (χ4v) is 8.14. The average Bonchev–Trinajstić information content (AvgIpc) is 3.50. The van der Waals surface area contributed by atoms with Gasteiger partial charge in [-0.1, -0.05) is 153 Å². The Kier molecular flexibility index (Phi) is 5.56. The lowest BCUT2D eigenvalue weighted by Gasteiger charge is -2.51. The van der Waals surface area contributed by atoms with Gasteiger partial charge < -0.3 is 0 Å². The van der Waals surface area contributed by atoms with Crippen molar-refractivity contribution in [3.8, 4) is 11.1 Å². The molecule has 0 saturated heterocycles. The maximum absolute atomic E-state index is 5.36. The summed E-state index contributed by atoms with van der Waals surface area (Å²) < 4.78 is 0. The Hall–Kier alpha value is -4.89. The van der Waals surface area contributed by atoms with E-state index in [1.165, 1.54) is 44.6 Å². The molecular weight excluding hydrogens is 534 g/mol. The molecule has 4 atom stereocenters. The lowest BCUT2D eigenvalue weighted by Crippen LogP contribution is -2.63. The van der Waals surface area contributed by atoms with E-state index in [4.69, 9.17) is 4.99 Å². The summed E-state index contributed by atoms with van der Waals surface area (Å²) in [6.07, 6.45) is 17.3. The normalized spacial score (nSPS) is 25.0. The van der Waals surface area contributed by atoms with Crippen LogP contribution in [0.25, 0.3) is 16.7 Å². The van der Waals surface area contributed by atoms with Crippen LogP contribution in [0.4, 0.5) is 5.69 Å². The molecule has 0 radical (unpaired) electrons. The van der Waals surface area contributed by atoms with E-state index in [2.05, 4.69) is 163 Å². The number of fused-ring (bicyclic) bond motifs is 7. The van der Waals surface area contributed by atoms with Gasteiger partial charge in [-0.2, -0.15) is 0 Å². The van der Waals surface area contributed by atoms with Crippen molar-refractivity contribution in [3.05, 3.63) is 167 Å². The molecule has 2 aliphatic heterocycles. The summed E-state index contributed by atoms with van der Waals surface area (Å²) in [7, 11) is 0. The van der Waals surface area contributed by atoms with E-state index in [1.54, 1.807) is 0 Å². The van der Waals surface area contributed by atoms with E-state index in [9.17, 15) is 0 Å². The zero-order chi connectivity index (χ0) is 29.4. The molecule has 0 aromatic heterocycles. The molecule has 5 aliphatic rings. The summed E-state index contributed by atoms with van der Waals surface area (Å²) >= 11 is 0. The van der Waals surface area contributed by atoms with Gasteiger partial charge in [0.2, 0.25) is 0 Å². The molecule has 44 heavy (non-hydrogen) atoms. The number of hydrogen-bond acceptors (Lipinski definition) is 3. The second-order valence-corrected chi connectivity index (χ2v) is 13.1. The van der Waals surface area contributed by atoms with E-state index >= 15 is 0 Å². The van der Waals surface area contributed by atoms with Gasteiger partial charge in [0.1, 0.15) is 0 Å². The van der Waals surface area contributed by atoms with Gasteiger partial charge in [-0.3, -0.25) is 5.01 Å². The zero-order valence-corrected chi connectivity index (χ0v) is 25.1. The van der Waals surface area contributed by atoms with E-state index in [1.807, 2.05) is 0 Å². The SMILES string of the molecule is CC1(C)c2ccccc2-c2c1ccc1c2N(N2C(c3ccccc3)=NC2C2C=CC=CC2)C2C=CC(c3ccccc3)=CC12. The number of hydrazine groups is 1. The van der Waals surface area contributed by atoms with E-state index in [0.29, 0.717) is 5.92 Å². The Morgan fingerprint density at radius 1 is 0.727 bits per heavy atom. The molecular formula is C41H35N3. The maximum atomic E-state index is 5.36. The highest BCUT2D eigenvalue weighted by atomic mass is 15.7. The second kappa shape index (κ2) is 9.56. The van der Waals surface area contributed by atoms with Gasteiger partial charge in [-0.25, -0.2) is 10.0 Å². The van der Waals surface area contributed by atoms with Crippen molar-refractivity contribution in [1.82, 2.24) is 5.01 Å². The van der Waals surface area contributed by atoms with Crippen molar-refractivity contribution >= 4 is 17.1 Å². The molecule has 0 fully saturated rings. The molecule has 4 aromatic rings. The monoisotopic (exact) mass is 569 g/mol. The van der Waals surface area contributed by atoms with Crippen LogP contribution in [-0.2, 0) is 5.41 Å². The zero-order valence-electron chi connectivity index (χ0n) is 25.1. The Morgan fingerprint density at radius 2 is 1.48 bits per heavy atom. The van der Waals surface area contributed by atoms with Crippen molar-refractivity contribution in [2.24, 2.45) is 10.9 Å². The van der Waals surface area contributed by atoms with Gasteiger partial charge in [0.25, 0.3) is 0 Å². The van der Waals surface area contributed by atoms with E-state index < -0.39 is 0 Å². The molecule has 0 saturated carbocycles. The molecule has 2 heterocycles. The van der Waals surface area contributed by atoms with Crippen molar-refractivity contribution in [1.29, 1.82) is 0 Å². The first-order chi connectivity index (χ1) is 21.6. The van der Waals surface area contributed by atoms with Crippen molar-refractivity contribution < 1.29 is 0 Å². The number of allylic oxidation sites excluding steroid dienone is 5. The number of benzene rings is 4. The van der Waals surface area contributed by atoms with Crippen LogP contribution in [-0.4, -0.2) is 23.1 Å². The number of amidine groups is 1.